The van der Waals surface area contributed by atoms with Crippen LogP contribution in [-0.2, 0) is 0 Å². The summed E-state index contributed by atoms with van der Waals surface area (Å²) < 4.78 is 0. The van der Waals surface area contributed by atoms with Gasteiger partial charge in [-0.2, -0.15) is 0 Å². The van der Waals surface area contributed by atoms with Crippen molar-refractivity contribution >= 4 is 6.03 Å². The predicted octanol–water partition coefficient (Wildman–Crippen LogP) is 3.35. The third-order valence-electron chi connectivity index (χ3n) is 4.71. The summed E-state index contributed by atoms with van der Waals surface area (Å²) in [6.07, 6.45) is 6.15. The van der Waals surface area contributed by atoms with Crippen LogP contribution in [0.2, 0.25) is 0 Å². The molecule has 0 aliphatic carbocycles. The lowest BCUT2D eigenvalue weighted by Crippen LogP contribution is -2.52. The van der Waals surface area contributed by atoms with Gasteiger partial charge in [0.25, 0.3) is 0 Å². The van der Waals surface area contributed by atoms with Crippen molar-refractivity contribution < 1.29 is 4.79 Å². The number of hydrogen-bond donors (Lipinski definition) is 0. The normalized spacial score (nSPS) is 24.9. The molecule has 3 nitrogen and oxygen atoms in total. The van der Waals surface area contributed by atoms with E-state index in [1.54, 1.807) is 0 Å². The zero-order chi connectivity index (χ0) is 13.2. The third-order valence-corrected chi connectivity index (χ3v) is 4.71. The largest absolute Gasteiger partial charge is 0.325 e. The summed E-state index contributed by atoms with van der Waals surface area (Å²) in [4.78, 5) is 16.3. The SMILES string of the molecule is CCC(C)(C)CC1CCCN(C(=O)N2CCC2)C1. The van der Waals surface area contributed by atoms with Crippen molar-refractivity contribution in [2.75, 3.05) is 26.2 Å². The Morgan fingerprint density at radius 3 is 2.39 bits per heavy atom. The van der Waals surface area contributed by atoms with Gasteiger partial charge < -0.3 is 9.80 Å². The van der Waals surface area contributed by atoms with Crippen LogP contribution < -0.4 is 0 Å². The smallest absolute Gasteiger partial charge is 0.320 e. The average molecular weight is 252 g/mol. The van der Waals surface area contributed by atoms with Crippen molar-refractivity contribution in [3.05, 3.63) is 0 Å². The Balaban J connectivity index is 1.86. The molecule has 1 unspecified atom stereocenters. The molecule has 18 heavy (non-hydrogen) atoms. The van der Waals surface area contributed by atoms with Crippen molar-refractivity contribution in [1.82, 2.24) is 9.80 Å². The third kappa shape index (κ3) is 3.18. The van der Waals surface area contributed by atoms with E-state index in [1.807, 2.05) is 4.90 Å². The molecular weight excluding hydrogens is 224 g/mol. The lowest BCUT2D eigenvalue weighted by molar-refractivity contribution is 0.0961. The Kier molecular flexibility index (Phi) is 4.18. The molecule has 104 valence electrons. The van der Waals surface area contributed by atoms with Crippen LogP contribution in [0.15, 0.2) is 0 Å². The molecule has 0 bridgehead atoms. The standard InChI is InChI=1S/C15H28N2O/c1-4-15(2,3)11-13-7-5-8-17(12-13)14(18)16-9-6-10-16/h13H,4-12H2,1-3H3. The lowest BCUT2D eigenvalue weighted by Gasteiger charge is -2.41. The first-order valence-corrected chi connectivity index (χ1v) is 7.56. The summed E-state index contributed by atoms with van der Waals surface area (Å²) in [6, 6.07) is 0.292. The number of carbonyl (C=O) groups is 1. The van der Waals surface area contributed by atoms with Crippen molar-refractivity contribution in [2.45, 2.75) is 52.9 Å². The number of piperidine rings is 1. The predicted molar refractivity (Wildman–Crippen MR) is 74.6 cm³/mol. The molecule has 2 fully saturated rings. The highest BCUT2D eigenvalue weighted by atomic mass is 16.2. The molecule has 0 aromatic heterocycles. The Hall–Kier alpha value is -0.730. The van der Waals surface area contributed by atoms with E-state index in [-0.39, 0.29) is 0 Å². The van der Waals surface area contributed by atoms with Crippen LogP contribution in [0.3, 0.4) is 0 Å². The highest BCUT2D eigenvalue weighted by Gasteiger charge is 2.31. The number of rotatable bonds is 3. The van der Waals surface area contributed by atoms with Gasteiger partial charge in [-0.3, -0.25) is 0 Å². The topological polar surface area (TPSA) is 23.6 Å². The Morgan fingerprint density at radius 1 is 1.17 bits per heavy atom. The van der Waals surface area contributed by atoms with Crippen LogP contribution >= 0.6 is 0 Å². The molecule has 2 saturated heterocycles. The van der Waals surface area contributed by atoms with Crippen molar-refractivity contribution in [1.29, 1.82) is 0 Å². The minimum atomic E-state index is 0.292. The number of carbonyl (C=O) groups excluding carboxylic acids is 1. The second-order valence-corrected chi connectivity index (χ2v) is 6.80. The quantitative estimate of drug-likeness (QED) is 0.755. The van der Waals surface area contributed by atoms with Crippen LogP contribution in [-0.4, -0.2) is 42.0 Å². The molecule has 0 aromatic carbocycles. The van der Waals surface area contributed by atoms with Crippen LogP contribution in [0.1, 0.15) is 52.9 Å². The van der Waals surface area contributed by atoms with Gasteiger partial charge in [-0.25, -0.2) is 4.79 Å². The van der Waals surface area contributed by atoms with Crippen molar-refractivity contribution in [3.8, 4) is 0 Å². The fraction of sp³-hybridized carbons (Fsp3) is 0.933. The van der Waals surface area contributed by atoms with Gasteiger partial charge in [-0.1, -0.05) is 27.2 Å². The van der Waals surface area contributed by atoms with Gasteiger partial charge in [0.15, 0.2) is 0 Å². The van der Waals surface area contributed by atoms with Gasteiger partial charge in [0.1, 0.15) is 0 Å². The number of amides is 2. The minimum absolute atomic E-state index is 0.292. The first kappa shape index (κ1) is 13.7. The van der Waals surface area contributed by atoms with Crippen LogP contribution in [0.5, 0.6) is 0 Å². The number of urea groups is 1. The zero-order valence-corrected chi connectivity index (χ0v) is 12.2. The first-order valence-electron chi connectivity index (χ1n) is 7.56. The average Bonchev–Trinajstić information content (AvgIpc) is 2.26. The zero-order valence-electron chi connectivity index (χ0n) is 12.2. The Morgan fingerprint density at radius 2 is 1.83 bits per heavy atom. The van der Waals surface area contributed by atoms with E-state index in [1.165, 1.54) is 32.1 Å². The molecule has 0 aromatic rings. The lowest BCUT2D eigenvalue weighted by atomic mass is 9.78. The Bertz CT molecular complexity index is 297. The van der Waals surface area contributed by atoms with Gasteiger partial charge in [0, 0.05) is 26.2 Å². The van der Waals surface area contributed by atoms with Crippen LogP contribution in [0, 0.1) is 11.3 Å². The maximum absolute atomic E-state index is 12.2. The summed E-state index contributed by atoms with van der Waals surface area (Å²) in [6.45, 7) is 10.9. The number of nitrogens with zero attached hydrogens (tertiary/aromatic N) is 2. The van der Waals surface area contributed by atoms with Crippen LogP contribution in [0.25, 0.3) is 0 Å². The highest BCUT2D eigenvalue weighted by Crippen LogP contribution is 2.33. The number of likely N-dealkylation sites (tertiary alicyclic amines) is 2. The molecule has 2 aliphatic heterocycles. The van der Waals surface area contributed by atoms with E-state index < -0.39 is 0 Å². The molecule has 2 aliphatic rings. The Labute approximate surface area is 112 Å². The van der Waals surface area contributed by atoms with E-state index in [2.05, 4.69) is 25.7 Å². The first-order chi connectivity index (χ1) is 8.52. The van der Waals surface area contributed by atoms with E-state index in [0.29, 0.717) is 17.4 Å². The molecular formula is C15H28N2O. The van der Waals surface area contributed by atoms with E-state index in [9.17, 15) is 4.79 Å². The molecule has 2 rings (SSSR count). The number of hydrogen-bond acceptors (Lipinski definition) is 1. The summed E-state index contributed by atoms with van der Waals surface area (Å²) in [5.74, 6) is 0.707. The van der Waals surface area contributed by atoms with Crippen molar-refractivity contribution in [3.63, 3.8) is 0 Å². The van der Waals surface area contributed by atoms with Gasteiger partial charge in [-0.05, 0) is 37.0 Å². The highest BCUT2D eigenvalue weighted by molar-refractivity contribution is 5.75. The van der Waals surface area contributed by atoms with Gasteiger partial charge in [0.05, 0.1) is 0 Å². The molecule has 2 amide bonds. The van der Waals surface area contributed by atoms with Crippen molar-refractivity contribution in [2.24, 2.45) is 11.3 Å². The molecule has 0 spiro atoms. The van der Waals surface area contributed by atoms with Gasteiger partial charge in [-0.15, -0.1) is 0 Å². The second-order valence-electron chi connectivity index (χ2n) is 6.80. The van der Waals surface area contributed by atoms with E-state index in [4.69, 9.17) is 0 Å². The second kappa shape index (κ2) is 5.50. The molecule has 0 radical (unpaired) electrons. The van der Waals surface area contributed by atoms with E-state index in [0.717, 1.165) is 26.2 Å². The fourth-order valence-corrected chi connectivity index (χ4v) is 3.04. The van der Waals surface area contributed by atoms with Gasteiger partial charge in [0.2, 0.25) is 0 Å². The molecule has 1 atom stereocenters. The summed E-state index contributed by atoms with van der Waals surface area (Å²) in [5.41, 5.74) is 0.424. The minimum Gasteiger partial charge on any atom is -0.325 e. The van der Waals surface area contributed by atoms with E-state index >= 15 is 0 Å². The van der Waals surface area contributed by atoms with Crippen LogP contribution in [0.4, 0.5) is 4.79 Å². The van der Waals surface area contributed by atoms with Gasteiger partial charge >= 0.3 is 6.03 Å². The fourth-order valence-electron chi connectivity index (χ4n) is 3.04. The monoisotopic (exact) mass is 252 g/mol. The summed E-state index contributed by atoms with van der Waals surface area (Å²) in [7, 11) is 0. The molecule has 0 N–H and O–H groups in total. The summed E-state index contributed by atoms with van der Waals surface area (Å²) >= 11 is 0. The molecule has 3 heteroatoms. The molecule has 0 saturated carbocycles. The molecule has 2 heterocycles. The summed E-state index contributed by atoms with van der Waals surface area (Å²) in [5, 5.41) is 0. The maximum atomic E-state index is 12.2. The maximum Gasteiger partial charge on any atom is 0.320 e.